The molecule has 0 aliphatic carbocycles. The molecule has 0 bridgehead atoms. The van der Waals surface area contributed by atoms with E-state index in [9.17, 15) is 17.6 Å². The number of nitrogens with one attached hydrogen (secondary N) is 1. The van der Waals surface area contributed by atoms with E-state index >= 15 is 0 Å². The van der Waals surface area contributed by atoms with Crippen molar-refractivity contribution >= 4 is 11.6 Å². The Morgan fingerprint density at radius 3 is 2.61 bits per heavy atom. The van der Waals surface area contributed by atoms with Crippen LogP contribution in [0.3, 0.4) is 0 Å². The van der Waals surface area contributed by atoms with Crippen LogP contribution in [-0.2, 0) is 0 Å². The number of nitrogens with two attached hydrogens (primary N) is 1. The maximum absolute atomic E-state index is 12.1. The van der Waals surface area contributed by atoms with Crippen molar-refractivity contribution in [1.82, 2.24) is 0 Å². The van der Waals surface area contributed by atoms with Crippen LogP contribution in [0.15, 0.2) is 29.3 Å². The van der Waals surface area contributed by atoms with E-state index in [4.69, 9.17) is 5.73 Å². The molecule has 0 aliphatic heterocycles. The molecule has 0 amide bonds. The first-order chi connectivity index (χ1) is 8.42. The van der Waals surface area contributed by atoms with Gasteiger partial charge in [0, 0.05) is 0 Å². The van der Waals surface area contributed by atoms with Gasteiger partial charge in [-0.15, -0.1) is 13.2 Å². The number of nitrogens with zero attached hydrogens (tertiary/aromatic N) is 1. The Kier molecular flexibility index (Phi) is 4.75. The van der Waals surface area contributed by atoms with Crippen LogP contribution in [0.4, 0.5) is 23.2 Å². The summed E-state index contributed by atoms with van der Waals surface area (Å²) in [5.74, 6) is -0.630. The Bertz CT molecular complexity index is 420. The minimum atomic E-state index is -4.80. The zero-order chi connectivity index (χ0) is 13.6. The molecule has 0 aromatic heterocycles. The molecule has 3 N–H and O–H groups in total. The second-order valence-electron chi connectivity index (χ2n) is 3.12. The first kappa shape index (κ1) is 14.1. The van der Waals surface area contributed by atoms with Crippen molar-refractivity contribution < 1.29 is 22.3 Å². The summed E-state index contributed by atoms with van der Waals surface area (Å²) < 4.78 is 51.9. The highest BCUT2D eigenvalue weighted by Gasteiger charge is 2.32. The predicted octanol–water partition coefficient (Wildman–Crippen LogP) is 2.28. The van der Waals surface area contributed by atoms with E-state index < -0.39 is 18.8 Å². The number of rotatable bonds is 4. The molecular formula is C10H11F4N3O. The summed E-state index contributed by atoms with van der Waals surface area (Å²) in [6, 6.07) is 5.33. The van der Waals surface area contributed by atoms with Crippen LogP contribution in [0.25, 0.3) is 0 Å². The van der Waals surface area contributed by atoms with Crippen LogP contribution in [0.2, 0.25) is 0 Å². The average Bonchev–Trinajstić information content (AvgIpc) is 2.27. The van der Waals surface area contributed by atoms with E-state index in [-0.39, 0.29) is 18.2 Å². The summed E-state index contributed by atoms with van der Waals surface area (Å²) in [4.78, 5) is 3.55. The van der Waals surface area contributed by atoms with Gasteiger partial charge in [-0.1, -0.05) is 12.1 Å². The minimum Gasteiger partial charge on any atom is -0.404 e. The fourth-order valence-electron chi connectivity index (χ4n) is 1.12. The number of hydrogen-bond donors (Lipinski definition) is 2. The summed E-state index contributed by atoms with van der Waals surface area (Å²) in [6.45, 7) is -0.871. The third-order valence-corrected chi connectivity index (χ3v) is 1.74. The minimum absolute atomic E-state index is 0.00469. The first-order valence-corrected chi connectivity index (χ1v) is 4.90. The number of para-hydroxylation sites is 2. The topological polar surface area (TPSA) is 59.6 Å². The molecule has 1 aromatic rings. The highest BCUT2D eigenvalue weighted by Crippen LogP contribution is 2.29. The normalized spacial score (nSPS) is 12.3. The zero-order valence-corrected chi connectivity index (χ0v) is 9.17. The molecule has 18 heavy (non-hydrogen) atoms. The second-order valence-corrected chi connectivity index (χ2v) is 3.12. The monoisotopic (exact) mass is 265 g/mol. The number of halogens is 4. The van der Waals surface area contributed by atoms with Gasteiger partial charge in [-0.05, 0) is 12.1 Å². The SMILES string of the molecule is NC(=NCCF)Nc1ccccc1OC(F)(F)F. The maximum atomic E-state index is 12.1. The van der Waals surface area contributed by atoms with Crippen molar-refractivity contribution in [2.75, 3.05) is 18.5 Å². The van der Waals surface area contributed by atoms with E-state index in [0.29, 0.717) is 0 Å². The molecule has 0 fully saturated rings. The molecule has 100 valence electrons. The molecule has 1 rings (SSSR count). The number of aliphatic imine (C=N–C) groups is 1. The summed E-state index contributed by atoms with van der Waals surface area (Å²) in [5.41, 5.74) is 5.36. The predicted molar refractivity (Wildman–Crippen MR) is 59.2 cm³/mol. The fraction of sp³-hybridized carbons (Fsp3) is 0.300. The number of guanidine groups is 1. The molecular weight excluding hydrogens is 254 g/mol. The Hall–Kier alpha value is -1.99. The number of anilines is 1. The molecule has 0 aliphatic rings. The van der Waals surface area contributed by atoms with Gasteiger partial charge in [-0.2, -0.15) is 0 Å². The molecule has 0 atom stereocenters. The van der Waals surface area contributed by atoms with Crippen molar-refractivity contribution in [2.24, 2.45) is 10.7 Å². The van der Waals surface area contributed by atoms with Crippen LogP contribution in [-0.4, -0.2) is 25.5 Å². The highest BCUT2D eigenvalue weighted by molar-refractivity contribution is 5.93. The molecule has 0 saturated heterocycles. The lowest BCUT2D eigenvalue weighted by Gasteiger charge is -2.13. The standard InChI is InChI=1S/C10H11F4N3O/c11-5-6-16-9(15)17-7-3-1-2-4-8(7)18-10(12,13)14/h1-4H,5-6H2,(H3,15,16,17). The number of ether oxygens (including phenoxy) is 1. The van der Waals surface area contributed by atoms with E-state index in [1.807, 2.05) is 0 Å². The average molecular weight is 265 g/mol. The van der Waals surface area contributed by atoms with Crippen LogP contribution in [0, 0.1) is 0 Å². The molecule has 1 aromatic carbocycles. The maximum Gasteiger partial charge on any atom is 0.573 e. The Morgan fingerprint density at radius 2 is 2.00 bits per heavy atom. The van der Waals surface area contributed by atoms with E-state index in [1.165, 1.54) is 18.2 Å². The van der Waals surface area contributed by atoms with E-state index in [2.05, 4.69) is 15.0 Å². The van der Waals surface area contributed by atoms with Gasteiger partial charge < -0.3 is 15.8 Å². The van der Waals surface area contributed by atoms with Crippen LogP contribution >= 0.6 is 0 Å². The molecule has 0 heterocycles. The van der Waals surface area contributed by atoms with Crippen molar-refractivity contribution in [1.29, 1.82) is 0 Å². The van der Waals surface area contributed by atoms with Gasteiger partial charge >= 0.3 is 6.36 Å². The van der Waals surface area contributed by atoms with Crippen LogP contribution in [0.5, 0.6) is 5.75 Å². The first-order valence-electron chi connectivity index (χ1n) is 4.90. The molecule has 4 nitrogen and oxygen atoms in total. The van der Waals surface area contributed by atoms with Gasteiger partial charge in [-0.25, -0.2) is 4.39 Å². The lowest BCUT2D eigenvalue weighted by Crippen LogP contribution is -2.24. The van der Waals surface area contributed by atoms with Crippen molar-refractivity contribution in [2.45, 2.75) is 6.36 Å². The number of alkyl halides is 4. The fourth-order valence-corrected chi connectivity index (χ4v) is 1.12. The highest BCUT2D eigenvalue weighted by atomic mass is 19.4. The summed E-state index contributed by atoms with van der Waals surface area (Å²) in [7, 11) is 0. The Balaban J connectivity index is 2.82. The lowest BCUT2D eigenvalue weighted by atomic mass is 10.3. The zero-order valence-electron chi connectivity index (χ0n) is 9.17. The molecule has 0 saturated carbocycles. The van der Waals surface area contributed by atoms with Gasteiger partial charge in [0.25, 0.3) is 0 Å². The third-order valence-electron chi connectivity index (χ3n) is 1.74. The van der Waals surface area contributed by atoms with Gasteiger partial charge in [0.2, 0.25) is 0 Å². The largest absolute Gasteiger partial charge is 0.573 e. The third kappa shape index (κ3) is 4.89. The van der Waals surface area contributed by atoms with E-state index in [0.717, 1.165) is 6.07 Å². The van der Waals surface area contributed by atoms with Crippen molar-refractivity contribution in [3.8, 4) is 5.75 Å². The van der Waals surface area contributed by atoms with Gasteiger partial charge in [-0.3, -0.25) is 4.99 Å². The summed E-state index contributed by atoms with van der Waals surface area (Å²) in [6.07, 6.45) is -4.80. The number of hydrogen-bond acceptors (Lipinski definition) is 2. The van der Waals surface area contributed by atoms with Gasteiger partial charge in [0.05, 0.1) is 12.2 Å². The van der Waals surface area contributed by atoms with E-state index in [1.54, 1.807) is 0 Å². The van der Waals surface area contributed by atoms with Crippen molar-refractivity contribution in [3.63, 3.8) is 0 Å². The summed E-state index contributed by atoms with van der Waals surface area (Å²) >= 11 is 0. The second kappa shape index (κ2) is 6.08. The Labute approximate surface area is 100 Å². The molecule has 0 radical (unpaired) electrons. The summed E-state index contributed by atoms with van der Waals surface area (Å²) in [5, 5.41) is 2.40. The van der Waals surface area contributed by atoms with Gasteiger partial charge in [0.1, 0.15) is 6.67 Å². The smallest absolute Gasteiger partial charge is 0.404 e. The lowest BCUT2D eigenvalue weighted by molar-refractivity contribution is -0.274. The van der Waals surface area contributed by atoms with Crippen LogP contribution in [0.1, 0.15) is 0 Å². The van der Waals surface area contributed by atoms with Crippen molar-refractivity contribution in [3.05, 3.63) is 24.3 Å². The molecule has 0 spiro atoms. The quantitative estimate of drug-likeness (QED) is 0.499. The Morgan fingerprint density at radius 1 is 1.33 bits per heavy atom. The molecule has 8 heteroatoms. The number of benzene rings is 1. The van der Waals surface area contributed by atoms with Crippen LogP contribution < -0.4 is 15.8 Å². The van der Waals surface area contributed by atoms with Gasteiger partial charge in [0.15, 0.2) is 11.7 Å². The molecule has 0 unspecified atom stereocenters.